The number of unbranched alkanes of at least 4 members (excludes halogenated alkanes) is 2. The fourth-order valence-corrected chi connectivity index (χ4v) is 6.72. The highest BCUT2D eigenvalue weighted by Gasteiger charge is 2.45. The highest BCUT2D eigenvalue weighted by molar-refractivity contribution is 5.75. The lowest BCUT2D eigenvalue weighted by Gasteiger charge is -2.30. The van der Waals surface area contributed by atoms with Gasteiger partial charge >= 0.3 is 0 Å². The zero-order valence-corrected chi connectivity index (χ0v) is 26.4. The minimum atomic E-state index is -0.150. The van der Waals surface area contributed by atoms with Crippen LogP contribution in [0.2, 0.25) is 0 Å². The van der Waals surface area contributed by atoms with Crippen molar-refractivity contribution in [2.75, 3.05) is 19.8 Å². The van der Waals surface area contributed by atoms with Gasteiger partial charge in [-0.1, -0.05) is 50.5 Å². The number of carbonyl (C=O) groups is 1. The maximum Gasteiger partial charge on any atom is 0.158 e. The summed E-state index contributed by atoms with van der Waals surface area (Å²) < 4.78 is 38.0. The van der Waals surface area contributed by atoms with Crippen molar-refractivity contribution in [1.29, 1.82) is 0 Å². The van der Waals surface area contributed by atoms with Gasteiger partial charge in [-0.05, 0) is 89.9 Å². The molecule has 7 heteroatoms. The third kappa shape index (κ3) is 11.8. The quantitative estimate of drug-likeness (QED) is 0.126. The number of ketones is 1. The van der Waals surface area contributed by atoms with E-state index in [0.717, 1.165) is 110 Å². The third-order valence-electron chi connectivity index (χ3n) is 9.14. The van der Waals surface area contributed by atoms with E-state index < -0.39 is 0 Å². The Bertz CT molecular complexity index is 795. The lowest BCUT2D eigenvalue weighted by Crippen LogP contribution is -2.31. The number of allylic oxidation sites excluding steroid dienone is 2. The average Bonchev–Trinajstić information content (AvgIpc) is 3.32. The van der Waals surface area contributed by atoms with E-state index in [4.69, 9.17) is 28.4 Å². The molecule has 4 fully saturated rings. The summed E-state index contributed by atoms with van der Waals surface area (Å²) in [5.41, 5.74) is 0. The summed E-state index contributed by atoms with van der Waals surface area (Å²) in [4.78, 5) is 11.5. The predicted octanol–water partition coefficient (Wildman–Crippen LogP) is 7.81. The second kappa shape index (κ2) is 19.3. The van der Waals surface area contributed by atoms with Crippen molar-refractivity contribution in [1.82, 2.24) is 0 Å². The Morgan fingerprint density at radius 3 is 2.07 bits per heavy atom. The van der Waals surface area contributed by atoms with Crippen molar-refractivity contribution in [3.8, 4) is 0 Å². The molecule has 0 bridgehead atoms. The van der Waals surface area contributed by atoms with Crippen molar-refractivity contribution in [3.05, 3.63) is 24.3 Å². The van der Waals surface area contributed by atoms with Gasteiger partial charge in [-0.3, -0.25) is 0 Å². The molecule has 3 unspecified atom stereocenters. The standard InChI is InChI=1S/C35H58O7/c1-3-4-6-16-28(40-33-18-9-12-23-37-33)21-22-30-29(17-8-5-7-15-27(2)36)31(41-34-19-10-13-24-38-34)26-32(30)42-35-20-11-14-25-39-35/h5,8,21-22,28-35H,3-4,6-7,9-20,23-26H2,1-2H3/b8-5-,22-21+/t28-,29+,30+,31-,32+,33?,34?,35?/m0/s1. The molecular weight excluding hydrogens is 532 g/mol. The summed E-state index contributed by atoms with van der Waals surface area (Å²) in [6.07, 6.45) is 26.0. The van der Waals surface area contributed by atoms with Gasteiger partial charge in [-0.2, -0.15) is 0 Å². The molecule has 3 saturated heterocycles. The van der Waals surface area contributed by atoms with Crippen LogP contribution in [0.4, 0.5) is 0 Å². The summed E-state index contributed by atoms with van der Waals surface area (Å²) in [5.74, 6) is 0.649. The molecule has 3 aliphatic heterocycles. The number of Topliss-reactive ketones (excluding diaryl/α,β-unsaturated/α-hetero) is 1. The first-order chi connectivity index (χ1) is 20.6. The molecule has 240 valence electrons. The second-order valence-electron chi connectivity index (χ2n) is 12.7. The van der Waals surface area contributed by atoms with Gasteiger partial charge < -0.3 is 33.2 Å². The minimum absolute atomic E-state index is 0.00998. The lowest BCUT2D eigenvalue weighted by atomic mass is 9.89. The van der Waals surface area contributed by atoms with Crippen LogP contribution >= 0.6 is 0 Å². The first-order valence-electron chi connectivity index (χ1n) is 17.3. The van der Waals surface area contributed by atoms with Crippen LogP contribution in [-0.2, 0) is 33.2 Å². The number of ether oxygens (including phenoxy) is 6. The van der Waals surface area contributed by atoms with Gasteiger partial charge in [-0.25, -0.2) is 0 Å². The Balaban J connectivity index is 1.52. The fraction of sp³-hybridized carbons (Fsp3) is 0.857. The summed E-state index contributed by atoms with van der Waals surface area (Å²) in [6, 6.07) is 0. The van der Waals surface area contributed by atoms with E-state index in [9.17, 15) is 4.79 Å². The lowest BCUT2D eigenvalue weighted by molar-refractivity contribution is -0.203. The first kappa shape index (κ1) is 33.8. The van der Waals surface area contributed by atoms with Gasteiger partial charge in [0.1, 0.15) is 5.78 Å². The second-order valence-corrected chi connectivity index (χ2v) is 12.7. The van der Waals surface area contributed by atoms with E-state index in [1.165, 1.54) is 12.8 Å². The van der Waals surface area contributed by atoms with Crippen molar-refractivity contribution in [2.24, 2.45) is 11.8 Å². The molecule has 4 aliphatic rings. The number of hydrogen-bond acceptors (Lipinski definition) is 7. The molecule has 0 amide bonds. The Hall–Kier alpha value is -1.09. The Morgan fingerprint density at radius 1 is 0.833 bits per heavy atom. The van der Waals surface area contributed by atoms with Crippen LogP contribution in [0.1, 0.15) is 123 Å². The van der Waals surface area contributed by atoms with Crippen LogP contribution < -0.4 is 0 Å². The molecule has 0 N–H and O–H groups in total. The molecule has 3 heterocycles. The van der Waals surface area contributed by atoms with E-state index in [1.807, 2.05) is 0 Å². The van der Waals surface area contributed by atoms with Crippen LogP contribution in [0.15, 0.2) is 24.3 Å². The van der Waals surface area contributed by atoms with Gasteiger partial charge in [0.05, 0.1) is 18.3 Å². The monoisotopic (exact) mass is 590 g/mol. The third-order valence-corrected chi connectivity index (χ3v) is 9.14. The van der Waals surface area contributed by atoms with Crippen LogP contribution in [0.25, 0.3) is 0 Å². The van der Waals surface area contributed by atoms with E-state index >= 15 is 0 Å². The van der Waals surface area contributed by atoms with Crippen LogP contribution in [0.5, 0.6) is 0 Å². The van der Waals surface area contributed by atoms with E-state index in [1.54, 1.807) is 6.92 Å². The molecule has 0 spiro atoms. The zero-order valence-electron chi connectivity index (χ0n) is 26.4. The minimum Gasteiger partial charge on any atom is -0.353 e. The van der Waals surface area contributed by atoms with Gasteiger partial charge in [0.15, 0.2) is 18.9 Å². The molecule has 0 radical (unpaired) electrons. The van der Waals surface area contributed by atoms with Crippen molar-refractivity contribution < 1.29 is 33.2 Å². The molecule has 0 aromatic rings. The topological polar surface area (TPSA) is 72.5 Å². The Labute approximate surface area is 255 Å². The van der Waals surface area contributed by atoms with Crippen molar-refractivity contribution in [3.63, 3.8) is 0 Å². The van der Waals surface area contributed by atoms with E-state index in [2.05, 4.69) is 31.2 Å². The van der Waals surface area contributed by atoms with E-state index in [-0.39, 0.29) is 54.8 Å². The smallest absolute Gasteiger partial charge is 0.158 e. The molecule has 0 aromatic carbocycles. The van der Waals surface area contributed by atoms with Crippen molar-refractivity contribution >= 4 is 5.78 Å². The highest BCUT2D eigenvalue weighted by atomic mass is 16.7. The van der Waals surface area contributed by atoms with E-state index in [0.29, 0.717) is 6.42 Å². The van der Waals surface area contributed by atoms with Crippen LogP contribution in [0.3, 0.4) is 0 Å². The normalized spacial score (nSPS) is 33.4. The molecule has 1 saturated carbocycles. The summed E-state index contributed by atoms with van der Waals surface area (Å²) in [7, 11) is 0. The molecule has 8 atom stereocenters. The average molecular weight is 591 g/mol. The molecule has 42 heavy (non-hydrogen) atoms. The first-order valence-corrected chi connectivity index (χ1v) is 17.3. The largest absolute Gasteiger partial charge is 0.353 e. The Morgan fingerprint density at radius 2 is 1.48 bits per heavy atom. The molecular formula is C35H58O7. The molecule has 7 nitrogen and oxygen atoms in total. The summed E-state index contributed by atoms with van der Waals surface area (Å²) >= 11 is 0. The number of carbonyl (C=O) groups excluding carboxylic acids is 1. The molecule has 0 aromatic heterocycles. The maximum absolute atomic E-state index is 11.5. The zero-order chi connectivity index (χ0) is 29.4. The van der Waals surface area contributed by atoms with Crippen LogP contribution in [0, 0.1) is 11.8 Å². The molecule has 1 aliphatic carbocycles. The van der Waals surface area contributed by atoms with Crippen LogP contribution in [-0.4, -0.2) is 62.8 Å². The fourth-order valence-electron chi connectivity index (χ4n) is 6.72. The maximum atomic E-state index is 11.5. The SMILES string of the molecule is CCCCC[C@@H](/C=C/[C@@H]1[C@@H](C/C=C\CCC(C)=O)[C@@H](OC2CCCCO2)C[C@H]1OC1CCCCO1)OC1CCCCO1. The van der Waals surface area contributed by atoms with Gasteiger partial charge in [0.2, 0.25) is 0 Å². The summed E-state index contributed by atoms with van der Waals surface area (Å²) in [6.45, 7) is 6.23. The Kier molecular flexibility index (Phi) is 15.6. The number of hydrogen-bond donors (Lipinski definition) is 0. The predicted molar refractivity (Wildman–Crippen MR) is 164 cm³/mol. The highest BCUT2D eigenvalue weighted by Crippen LogP contribution is 2.42. The van der Waals surface area contributed by atoms with Gasteiger partial charge in [-0.15, -0.1) is 0 Å². The van der Waals surface area contributed by atoms with Gasteiger partial charge in [0.25, 0.3) is 0 Å². The van der Waals surface area contributed by atoms with Crippen molar-refractivity contribution in [2.45, 2.75) is 160 Å². The summed E-state index contributed by atoms with van der Waals surface area (Å²) in [5, 5.41) is 0. The number of rotatable bonds is 17. The van der Waals surface area contributed by atoms with Gasteiger partial charge in [0, 0.05) is 38.6 Å². The molecule has 4 rings (SSSR count).